The number of benzene rings is 1. The zero-order chi connectivity index (χ0) is 21.0. The van der Waals surface area contributed by atoms with E-state index in [1.807, 2.05) is 41.4 Å². The zero-order valence-electron chi connectivity index (χ0n) is 17.1. The fraction of sp³-hybridized carbons (Fsp3) is 0.458. The highest BCUT2D eigenvalue weighted by molar-refractivity contribution is 6.30. The zero-order valence-corrected chi connectivity index (χ0v) is 17.9. The van der Waals surface area contributed by atoms with Crippen molar-refractivity contribution in [1.29, 1.82) is 0 Å². The van der Waals surface area contributed by atoms with Crippen LogP contribution in [0.5, 0.6) is 0 Å². The summed E-state index contributed by atoms with van der Waals surface area (Å²) in [5.74, 6) is 0.239. The Balaban J connectivity index is 1.45. The van der Waals surface area contributed by atoms with E-state index in [0.29, 0.717) is 24.3 Å². The maximum absolute atomic E-state index is 13.2. The molecule has 2 atom stereocenters. The second kappa shape index (κ2) is 9.17. The molecule has 2 saturated heterocycles. The molecule has 2 aliphatic rings. The van der Waals surface area contributed by atoms with Gasteiger partial charge in [0.05, 0.1) is 6.04 Å². The lowest BCUT2D eigenvalue weighted by Crippen LogP contribution is -2.45. The Hall–Kier alpha value is -2.40. The molecule has 1 aromatic carbocycles. The largest absolute Gasteiger partial charge is 0.350 e. The lowest BCUT2D eigenvalue weighted by atomic mass is 9.84. The first-order chi connectivity index (χ1) is 14.5. The Morgan fingerprint density at radius 3 is 2.77 bits per heavy atom. The molecule has 1 aromatic heterocycles. The number of carbonyl (C=O) groups excluding carboxylic acids is 2. The van der Waals surface area contributed by atoms with Crippen LogP contribution in [0.15, 0.2) is 48.8 Å². The third-order valence-electron chi connectivity index (χ3n) is 6.40. The lowest BCUT2D eigenvalue weighted by molar-refractivity contribution is -0.135. The molecule has 3 heterocycles. The number of piperidine rings is 1. The Kier molecular flexibility index (Phi) is 6.38. The molecule has 158 valence electrons. The monoisotopic (exact) mass is 425 g/mol. The third kappa shape index (κ3) is 4.84. The molecule has 0 aliphatic carbocycles. The molecule has 2 unspecified atom stereocenters. The molecule has 5 nitrogen and oxygen atoms in total. The van der Waals surface area contributed by atoms with Crippen molar-refractivity contribution in [2.75, 3.05) is 6.54 Å². The van der Waals surface area contributed by atoms with E-state index in [9.17, 15) is 9.59 Å². The predicted molar refractivity (Wildman–Crippen MR) is 117 cm³/mol. The van der Waals surface area contributed by atoms with E-state index >= 15 is 0 Å². The molecule has 2 amide bonds. The number of pyridine rings is 1. The fourth-order valence-corrected chi connectivity index (χ4v) is 4.94. The van der Waals surface area contributed by atoms with Crippen molar-refractivity contribution in [3.05, 3.63) is 64.9 Å². The van der Waals surface area contributed by atoms with Crippen LogP contribution in [0.2, 0.25) is 5.02 Å². The average Bonchev–Trinajstić information content (AvgIpc) is 3.15. The van der Waals surface area contributed by atoms with Crippen molar-refractivity contribution < 1.29 is 9.59 Å². The van der Waals surface area contributed by atoms with Gasteiger partial charge in [-0.05, 0) is 67.9 Å². The van der Waals surface area contributed by atoms with Gasteiger partial charge in [-0.2, -0.15) is 0 Å². The van der Waals surface area contributed by atoms with Gasteiger partial charge < -0.3 is 10.2 Å². The van der Waals surface area contributed by atoms with E-state index in [1.165, 1.54) is 0 Å². The molecule has 1 N–H and O–H groups in total. The minimum absolute atomic E-state index is 0.0719. The third-order valence-corrected chi connectivity index (χ3v) is 6.65. The van der Waals surface area contributed by atoms with Gasteiger partial charge >= 0.3 is 0 Å². The number of hydrogen-bond donors (Lipinski definition) is 1. The summed E-state index contributed by atoms with van der Waals surface area (Å²) < 4.78 is 0. The van der Waals surface area contributed by atoms with Crippen molar-refractivity contribution in [3.63, 3.8) is 0 Å². The van der Waals surface area contributed by atoms with Crippen LogP contribution in [-0.2, 0) is 16.0 Å². The van der Waals surface area contributed by atoms with Crippen LogP contribution in [0.25, 0.3) is 0 Å². The summed E-state index contributed by atoms with van der Waals surface area (Å²) in [4.78, 5) is 31.5. The van der Waals surface area contributed by atoms with E-state index < -0.39 is 0 Å². The molecule has 0 spiro atoms. The first-order valence-electron chi connectivity index (χ1n) is 10.8. The summed E-state index contributed by atoms with van der Waals surface area (Å²) in [6, 6.07) is 11.8. The van der Waals surface area contributed by atoms with E-state index in [0.717, 1.165) is 49.8 Å². The molecule has 4 rings (SSSR count). The Bertz CT molecular complexity index is 887. The van der Waals surface area contributed by atoms with Crippen LogP contribution in [0.1, 0.15) is 62.1 Å². The van der Waals surface area contributed by atoms with Crippen LogP contribution in [0.4, 0.5) is 0 Å². The summed E-state index contributed by atoms with van der Waals surface area (Å²) in [6.07, 6.45) is 9.85. The Labute approximate surface area is 182 Å². The van der Waals surface area contributed by atoms with Crippen LogP contribution in [-0.4, -0.2) is 33.8 Å². The fourth-order valence-electron chi connectivity index (χ4n) is 4.81. The molecule has 2 aliphatic heterocycles. The summed E-state index contributed by atoms with van der Waals surface area (Å²) in [5, 5.41) is 3.88. The minimum atomic E-state index is -0.361. The van der Waals surface area contributed by atoms with Gasteiger partial charge in [-0.15, -0.1) is 0 Å². The van der Waals surface area contributed by atoms with Crippen LogP contribution in [0, 0.1) is 0 Å². The van der Waals surface area contributed by atoms with Gasteiger partial charge in [0.1, 0.15) is 0 Å². The van der Waals surface area contributed by atoms with Gasteiger partial charge in [0.15, 0.2) is 0 Å². The maximum Gasteiger partial charge on any atom is 0.223 e. The first-order valence-corrected chi connectivity index (χ1v) is 11.2. The van der Waals surface area contributed by atoms with Gasteiger partial charge in [0, 0.05) is 42.3 Å². The van der Waals surface area contributed by atoms with Crippen molar-refractivity contribution in [1.82, 2.24) is 15.2 Å². The number of amides is 2. The summed E-state index contributed by atoms with van der Waals surface area (Å²) in [7, 11) is 0. The summed E-state index contributed by atoms with van der Waals surface area (Å²) >= 11 is 6.01. The lowest BCUT2D eigenvalue weighted by Gasteiger charge is -2.37. The Morgan fingerprint density at radius 2 is 2.07 bits per heavy atom. The first kappa shape index (κ1) is 20.9. The van der Waals surface area contributed by atoms with E-state index in [2.05, 4.69) is 16.4 Å². The highest BCUT2D eigenvalue weighted by Gasteiger charge is 2.39. The standard InChI is InChI=1S/C24H28ClN3O2/c25-20-8-6-18(7-9-20)16-24(12-10-22(29)27-24)13-11-23(30)28-15-2-1-5-21(28)19-4-3-14-26-17-19/h3-4,6-9,14,17,21H,1-2,5,10-13,15-16H2,(H,27,29). The molecule has 0 radical (unpaired) electrons. The van der Waals surface area contributed by atoms with Crippen LogP contribution >= 0.6 is 11.6 Å². The van der Waals surface area contributed by atoms with Crippen molar-refractivity contribution >= 4 is 23.4 Å². The van der Waals surface area contributed by atoms with Gasteiger partial charge in [0.2, 0.25) is 11.8 Å². The highest BCUT2D eigenvalue weighted by Crippen LogP contribution is 2.34. The quantitative estimate of drug-likeness (QED) is 0.743. The predicted octanol–water partition coefficient (Wildman–Crippen LogP) is 4.46. The van der Waals surface area contributed by atoms with E-state index in [1.54, 1.807) is 6.20 Å². The average molecular weight is 426 g/mol. The number of nitrogens with zero attached hydrogens (tertiary/aromatic N) is 2. The molecule has 2 aromatic rings. The second-order valence-corrected chi connectivity index (χ2v) is 8.95. The minimum Gasteiger partial charge on any atom is -0.350 e. The smallest absolute Gasteiger partial charge is 0.223 e. The number of likely N-dealkylation sites (tertiary alicyclic amines) is 1. The molecule has 2 fully saturated rings. The topological polar surface area (TPSA) is 62.3 Å². The summed E-state index contributed by atoms with van der Waals surface area (Å²) in [6.45, 7) is 0.787. The molecule has 0 saturated carbocycles. The number of rotatable bonds is 6. The van der Waals surface area contributed by atoms with Gasteiger partial charge in [-0.3, -0.25) is 14.6 Å². The van der Waals surface area contributed by atoms with E-state index in [-0.39, 0.29) is 23.4 Å². The van der Waals surface area contributed by atoms with Crippen molar-refractivity contribution in [2.24, 2.45) is 0 Å². The normalized spacial score (nSPS) is 24.0. The number of aromatic nitrogens is 1. The van der Waals surface area contributed by atoms with Gasteiger partial charge in [-0.25, -0.2) is 0 Å². The molecule has 30 heavy (non-hydrogen) atoms. The molecular weight excluding hydrogens is 398 g/mol. The Morgan fingerprint density at radius 1 is 1.23 bits per heavy atom. The van der Waals surface area contributed by atoms with Gasteiger partial charge in [0.25, 0.3) is 0 Å². The number of nitrogens with one attached hydrogen (secondary N) is 1. The molecule has 6 heteroatoms. The SMILES string of the molecule is O=C1CCC(CCC(=O)N2CCCCC2c2cccnc2)(Cc2ccc(Cl)cc2)N1. The second-order valence-electron chi connectivity index (χ2n) is 8.52. The van der Waals surface area contributed by atoms with Crippen molar-refractivity contribution in [2.45, 2.75) is 62.9 Å². The number of halogens is 1. The highest BCUT2D eigenvalue weighted by atomic mass is 35.5. The molecular formula is C24H28ClN3O2. The number of hydrogen-bond acceptors (Lipinski definition) is 3. The van der Waals surface area contributed by atoms with Crippen LogP contribution in [0.3, 0.4) is 0 Å². The van der Waals surface area contributed by atoms with Crippen LogP contribution < -0.4 is 5.32 Å². The summed E-state index contributed by atoms with van der Waals surface area (Å²) in [5.41, 5.74) is 1.87. The maximum atomic E-state index is 13.2. The van der Waals surface area contributed by atoms with E-state index in [4.69, 9.17) is 11.6 Å². The van der Waals surface area contributed by atoms with Gasteiger partial charge in [-0.1, -0.05) is 29.8 Å². The number of carbonyl (C=O) groups is 2. The van der Waals surface area contributed by atoms with Crippen molar-refractivity contribution in [3.8, 4) is 0 Å². The molecule has 0 bridgehead atoms.